The molecule has 0 spiro atoms. The van der Waals surface area contributed by atoms with Crippen molar-refractivity contribution in [2.75, 3.05) is 6.54 Å². The maximum absolute atomic E-state index is 12.2. The molecule has 4 nitrogen and oxygen atoms in total. The Morgan fingerprint density at radius 3 is 2.57 bits per heavy atom. The zero-order chi connectivity index (χ0) is 14.7. The lowest BCUT2D eigenvalue weighted by Crippen LogP contribution is -2.42. The summed E-state index contributed by atoms with van der Waals surface area (Å²) in [7, 11) is 0. The fraction of sp³-hybridized carbons (Fsp3) is 0.529. The van der Waals surface area contributed by atoms with Crippen LogP contribution in [-0.4, -0.2) is 29.3 Å². The van der Waals surface area contributed by atoms with E-state index in [0.29, 0.717) is 12.6 Å². The van der Waals surface area contributed by atoms with Gasteiger partial charge in [0.05, 0.1) is 0 Å². The molecule has 1 saturated carbocycles. The lowest BCUT2D eigenvalue weighted by Gasteiger charge is -2.20. The maximum atomic E-state index is 12.2. The molecule has 1 aromatic rings. The molecular formula is C17H22N2O2. The zero-order valence-corrected chi connectivity index (χ0v) is 12.3. The van der Waals surface area contributed by atoms with Crippen LogP contribution in [0.5, 0.6) is 0 Å². The molecule has 1 heterocycles. The lowest BCUT2D eigenvalue weighted by molar-refractivity contribution is -0.122. The van der Waals surface area contributed by atoms with Crippen LogP contribution >= 0.6 is 0 Å². The quantitative estimate of drug-likeness (QED) is 0.868. The van der Waals surface area contributed by atoms with Crippen molar-refractivity contribution in [1.29, 1.82) is 0 Å². The third-order valence-electron chi connectivity index (χ3n) is 4.45. The standard InChI is InChI=1S/C17H22N2O2/c20-16(18-14-8-3-1-2-4-9-14)12-19-11-13-7-5-6-10-15(13)17(19)21/h5-7,10,14H,1-4,8-9,11-12H2,(H,18,20). The van der Waals surface area contributed by atoms with Crippen molar-refractivity contribution >= 4 is 11.8 Å². The van der Waals surface area contributed by atoms with E-state index < -0.39 is 0 Å². The van der Waals surface area contributed by atoms with Gasteiger partial charge >= 0.3 is 0 Å². The summed E-state index contributed by atoms with van der Waals surface area (Å²) in [5.41, 5.74) is 1.75. The summed E-state index contributed by atoms with van der Waals surface area (Å²) in [5, 5.41) is 3.10. The van der Waals surface area contributed by atoms with E-state index in [0.717, 1.165) is 24.0 Å². The van der Waals surface area contributed by atoms with Crippen molar-refractivity contribution in [3.63, 3.8) is 0 Å². The largest absolute Gasteiger partial charge is 0.352 e. The molecule has 21 heavy (non-hydrogen) atoms. The van der Waals surface area contributed by atoms with Gasteiger partial charge in [-0.25, -0.2) is 0 Å². The number of rotatable bonds is 3. The van der Waals surface area contributed by atoms with Crippen LogP contribution in [-0.2, 0) is 11.3 Å². The molecule has 4 heteroatoms. The molecule has 1 N–H and O–H groups in total. The van der Waals surface area contributed by atoms with Gasteiger partial charge in [0.1, 0.15) is 6.54 Å². The van der Waals surface area contributed by atoms with Crippen molar-refractivity contribution in [2.45, 2.75) is 51.1 Å². The highest BCUT2D eigenvalue weighted by atomic mass is 16.2. The third-order valence-corrected chi connectivity index (χ3v) is 4.45. The highest BCUT2D eigenvalue weighted by Gasteiger charge is 2.28. The van der Waals surface area contributed by atoms with E-state index in [-0.39, 0.29) is 18.4 Å². The van der Waals surface area contributed by atoms with Crippen LogP contribution in [0.3, 0.4) is 0 Å². The van der Waals surface area contributed by atoms with E-state index in [1.54, 1.807) is 4.90 Å². The molecule has 0 bridgehead atoms. The second-order valence-corrected chi connectivity index (χ2v) is 6.07. The van der Waals surface area contributed by atoms with Crippen LogP contribution in [0, 0.1) is 0 Å². The minimum Gasteiger partial charge on any atom is -0.352 e. The Morgan fingerprint density at radius 1 is 1.14 bits per heavy atom. The fourth-order valence-electron chi connectivity index (χ4n) is 3.31. The van der Waals surface area contributed by atoms with E-state index in [1.807, 2.05) is 24.3 Å². The Labute approximate surface area is 125 Å². The van der Waals surface area contributed by atoms with Crippen LogP contribution in [0.2, 0.25) is 0 Å². The van der Waals surface area contributed by atoms with Gasteiger partial charge in [-0.05, 0) is 24.5 Å². The first kappa shape index (κ1) is 14.1. The van der Waals surface area contributed by atoms with Gasteiger partial charge in [0, 0.05) is 18.2 Å². The highest BCUT2D eigenvalue weighted by Crippen LogP contribution is 2.22. The van der Waals surface area contributed by atoms with Gasteiger partial charge < -0.3 is 10.2 Å². The Kier molecular flexibility index (Phi) is 4.23. The van der Waals surface area contributed by atoms with E-state index in [9.17, 15) is 9.59 Å². The number of hydrogen-bond donors (Lipinski definition) is 1. The second kappa shape index (κ2) is 6.29. The monoisotopic (exact) mass is 286 g/mol. The molecule has 0 radical (unpaired) electrons. The van der Waals surface area contributed by atoms with Crippen molar-refractivity contribution < 1.29 is 9.59 Å². The Morgan fingerprint density at radius 2 is 1.86 bits per heavy atom. The number of fused-ring (bicyclic) bond motifs is 1. The van der Waals surface area contributed by atoms with Crippen LogP contribution in [0.4, 0.5) is 0 Å². The number of benzene rings is 1. The van der Waals surface area contributed by atoms with E-state index in [4.69, 9.17) is 0 Å². The van der Waals surface area contributed by atoms with Crippen LogP contribution in [0.25, 0.3) is 0 Å². The molecule has 0 saturated heterocycles. The number of carbonyl (C=O) groups excluding carboxylic acids is 2. The van der Waals surface area contributed by atoms with Crippen LogP contribution in [0.15, 0.2) is 24.3 Å². The number of hydrogen-bond acceptors (Lipinski definition) is 2. The average molecular weight is 286 g/mol. The number of nitrogens with zero attached hydrogens (tertiary/aromatic N) is 1. The van der Waals surface area contributed by atoms with Gasteiger partial charge in [0.2, 0.25) is 5.91 Å². The van der Waals surface area contributed by atoms with E-state index in [1.165, 1.54) is 25.7 Å². The summed E-state index contributed by atoms with van der Waals surface area (Å²) < 4.78 is 0. The van der Waals surface area contributed by atoms with Crippen molar-refractivity contribution in [3.05, 3.63) is 35.4 Å². The Hall–Kier alpha value is -1.84. The predicted molar refractivity (Wildman–Crippen MR) is 80.8 cm³/mol. The summed E-state index contributed by atoms with van der Waals surface area (Å²) in [4.78, 5) is 26.0. The number of carbonyl (C=O) groups is 2. The molecule has 0 aromatic heterocycles. The maximum Gasteiger partial charge on any atom is 0.254 e. The molecule has 1 aliphatic heterocycles. The number of amides is 2. The van der Waals surface area contributed by atoms with Crippen molar-refractivity contribution in [1.82, 2.24) is 10.2 Å². The minimum absolute atomic E-state index is 0.0249. The molecule has 1 fully saturated rings. The predicted octanol–water partition coefficient (Wildman–Crippen LogP) is 2.48. The van der Waals surface area contributed by atoms with Crippen LogP contribution in [0.1, 0.15) is 54.4 Å². The molecule has 112 valence electrons. The van der Waals surface area contributed by atoms with Gasteiger partial charge in [-0.3, -0.25) is 9.59 Å². The summed E-state index contributed by atoms with van der Waals surface area (Å²) in [6.45, 7) is 0.719. The molecule has 0 unspecified atom stereocenters. The molecule has 1 aromatic carbocycles. The molecule has 2 aliphatic rings. The summed E-state index contributed by atoms with van der Waals surface area (Å²) in [6.07, 6.45) is 7.07. The van der Waals surface area contributed by atoms with Crippen LogP contribution < -0.4 is 5.32 Å². The van der Waals surface area contributed by atoms with Crippen molar-refractivity contribution in [2.24, 2.45) is 0 Å². The third kappa shape index (κ3) is 3.26. The van der Waals surface area contributed by atoms with Gasteiger partial charge in [-0.2, -0.15) is 0 Å². The van der Waals surface area contributed by atoms with E-state index in [2.05, 4.69) is 5.32 Å². The normalized spacial score (nSPS) is 19.2. The average Bonchev–Trinajstić information content (AvgIpc) is 2.67. The van der Waals surface area contributed by atoms with Gasteiger partial charge in [0.25, 0.3) is 5.91 Å². The molecule has 1 aliphatic carbocycles. The summed E-state index contributed by atoms with van der Waals surface area (Å²) in [6, 6.07) is 7.88. The molecule has 3 rings (SSSR count). The second-order valence-electron chi connectivity index (χ2n) is 6.07. The first-order valence-corrected chi connectivity index (χ1v) is 7.90. The van der Waals surface area contributed by atoms with E-state index >= 15 is 0 Å². The highest BCUT2D eigenvalue weighted by molar-refractivity contribution is 6.00. The van der Waals surface area contributed by atoms with Gasteiger partial charge in [-0.1, -0.05) is 43.9 Å². The molecule has 0 atom stereocenters. The Bertz CT molecular complexity index is 533. The zero-order valence-electron chi connectivity index (χ0n) is 12.3. The molecular weight excluding hydrogens is 264 g/mol. The summed E-state index contributed by atoms with van der Waals surface area (Å²) in [5.74, 6) is -0.0512. The topological polar surface area (TPSA) is 49.4 Å². The fourth-order valence-corrected chi connectivity index (χ4v) is 3.31. The summed E-state index contributed by atoms with van der Waals surface area (Å²) >= 11 is 0. The molecule has 2 amide bonds. The minimum atomic E-state index is -0.0263. The lowest BCUT2D eigenvalue weighted by atomic mass is 10.1. The van der Waals surface area contributed by atoms with Gasteiger partial charge in [0.15, 0.2) is 0 Å². The SMILES string of the molecule is O=C(CN1Cc2ccccc2C1=O)NC1CCCCCC1. The van der Waals surface area contributed by atoms with Crippen molar-refractivity contribution in [3.8, 4) is 0 Å². The smallest absolute Gasteiger partial charge is 0.254 e. The number of nitrogens with one attached hydrogen (secondary N) is 1. The first-order chi connectivity index (χ1) is 10.2. The first-order valence-electron chi connectivity index (χ1n) is 7.90. The van der Waals surface area contributed by atoms with Gasteiger partial charge in [-0.15, -0.1) is 0 Å². The Balaban J connectivity index is 1.55.